The molecule has 0 N–H and O–H groups in total. The maximum Gasteiger partial charge on any atom is 0.244 e. The fraction of sp³-hybridized carbons (Fsp3) is 0.500. The molecule has 116 valence electrons. The Kier molecular flexibility index (Phi) is 5.28. The van der Waals surface area contributed by atoms with Crippen molar-refractivity contribution in [2.75, 3.05) is 13.1 Å². The quantitative estimate of drug-likeness (QED) is 0.725. The van der Waals surface area contributed by atoms with Crippen molar-refractivity contribution in [2.24, 2.45) is 5.92 Å². The Bertz CT molecular complexity index is 673. The third-order valence-corrected chi connectivity index (χ3v) is 7.47. The number of benzene rings is 1. The molecule has 21 heavy (non-hydrogen) atoms. The Morgan fingerprint density at radius 3 is 2.57 bits per heavy atom. The molecule has 7 heteroatoms. The van der Waals surface area contributed by atoms with E-state index in [4.69, 9.17) is 0 Å². The Labute approximate surface area is 142 Å². The van der Waals surface area contributed by atoms with Crippen molar-refractivity contribution in [1.29, 1.82) is 0 Å². The minimum Gasteiger partial charge on any atom is -0.300 e. The van der Waals surface area contributed by atoms with Gasteiger partial charge in [-0.2, -0.15) is 4.31 Å². The number of nitrogens with zero attached hydrogens (tertiary/aromatic N) is 1. The number of rotatable bonds is 3. The summed E-state index contributed by atoms with van der Waals surface area (Å²) < 4.78 is 28.3. The van der Waals surface area contributed by atoms with Crippen LogP contribution in [-0.2, 0) is 14.8 Å². The topological polar surface area (TPSA) is 54.5 Å². The number of hydrogen-bond donors (Lipinski definition) is 0. The normalized spacial score (nSPS) is 20.5. The highest BCUT2D eigenvalue weighted by atomic mass is 79.9. The third kappa shape index (κ3) is 3.57. The Morgan fingerprint density at radius 2 is 1.95 bits per heavy atom. The fourth-order valence-corrected chi connectivity index (χ4v) is 5.62. The Hall–Kier alpha value is -0.240. The standard InChI is InChI=1S/C14H17Br2NO3S/c1-9-6-13(16)14(7-12(9)15)21(19,20)17-5-3-4-11(8-17)10(2)18/h6-7,11H,3-5,8H2,1-2H3. The van der Waals surface area contributed by atoms with Gasteiger partial charge in [-0.25, -0.2) is 8.42 Å². The maximum absolute atomic E-state index is 12.8. The molecule has 0 aromatic heterocycles. The van der Waals surface area contributed by atoms with Gasteiger partial charge in [-0.1, -0.05) is 15.9 Å². The number of sulfonamides is 1. The summed E-state index contributed by atoms with van der Waals surface area (Å²) >= 11 is 6.71. The summed E-state index contributed by atoms with van der Waals surface area (Å²) in [6.45, 7) is 4.16. The first-order valence-corrected chi connectivity index (χ1v) is 9.72. The molecule has 1 unspecified atom stereocenters. The predicted molar refractivity (Wildman–Crippen MR) is 88.7 cm³/mol. The number of carbonyl (C=O) groups is 1. The van der Waals surface area contributed by atoms with Crippen molar-refractivity contribution in [3.8, 4) is 0 Å². The third-order valence-electron chi connectivity index (χ3n) is 3.79. The van der Waals surface area contributed by atoms with Gasteiger partial charge < -0.3 is 0 Å². The number of hydrogen-bond acceptors (Lipinski definition) is 3. The molecule has 1 saturated heterocycles. The number of piperidine rings is 1. The second-order valence-corrected chi connectivity index (χ2v) is 8.96. The van der Waals surface area contributed by atoms with Gasteiger partial charge in [-0.15, -0.1) is 0 Å². The van der Waals surface area contributed by atoms with Gasteiger partial charge in [0.05, 0.1) is 4.90 Å². The number of carbonyl (C=O) groups excluding carboxylic acids is 1. The second kappa shape index (κ2) is 6.48. The Balaban J connectivity index is 2.38. The van der Waals surface area contributed by atoms with Crippen LogP contribution in [0.2, 0.25) is 0 Å². The highest BCUT2D eigenvalue weighted by Crippen LogP contribution is 2.32. The first-order valence-electron chi connectivity index (χ1n) is 6.69. The summed E-state index contributed by atoms with van der Waals surface area (Å²) in [4.78, 5) is 11.8. The average Bonchev–Trinajstić information content (AvgIpc) is 2.42. The predicted octanol–water partition coefficient (Wildman–Crippen LogP) is 3.51. The molecule has 0 amide bonds. The van der Waals surface area contributed by atoms with Crippen LogP contribution >= 0.6 is 31.9 Å². The van der Waals surface area contributed by atoms with E-state index in [2.05, 4.69) is 31.9 Å². The van der Waals surface area contributed by atoms with Crippen LogP contribution in [-0.4, -0.2) is 31.6 Å². The van der Waals surface area contributed by atoms with Crippen LogP contribution in [0.25, 0.3) is 0 Å². The lowest BCUT2D eigenvalue weighted by Crippen LogP contribution is -2.41. The van der Waals surface area contributed by atoms with Crippen molar-refractivity contribution < 1.29 is 13.2 Å². The highest BCUT2D eigenvalue weighted by molar-refractivity contribution is 9.11. The molecule has 4 nitrogen and oxygen atoms in total. The lowest BCUT2D eigenvalue weighted by atomic mass is 9.96. The molecular formula is C14H17Br2NO3S. The number of aryl methyl sites for hydroxylation is 1. The van der Waals surface area contributed by atoms with Gasteiger partial charge in [-0.05, 0) is 60.3 Å². The van der Waals surface area contributed by atoms with Crippen molar-refractivity contribution in [1.82, 2.24) is 4.31 Å². The number of ketones is 1. The van der Waals surface area contributed by atoms with E-state index in [9.17, 15) is 13.2 Å². The van der Waals surface area contributed by atoms with E-state index in [0.29, 0.717) is 17.4 Å². The van der Waals surface area contributed by atoms with Crippen LogP contribution in [0.3, 0.4) is 0 Å². The molecule has 2 rings (SSSR count). The van der Waals surface area contributed by atoms with Crippen LogP contribution in [0.1, 0.15) is 25.3 Å². The van der Waals surface area contributed by atoms with E-state index in [1.165, 1.54) is 11.2 Å². The lowest BCUT2D eigenvalue weighted by Gasteiger charge is -2.31. The molecule has 0 spiro atoms. The van der Waals surface area contributed by atoms with E-state index in [1.54, 1.807) is 12.1 Å². The first kappa shape index (κ1) is 17.1. The van der Waals surface area contributed by atoms with Gasteiger partial charge in [0.2, 0.25) is 10.0 Å². The largest absolute Gasteiger partial charge is 0.300 e. The van der Waals surface area contributed by atoms with Crippen LogP contribution < -0.4 is 0 Å². The molecule has 0 aliphatic carbocycles. The average molecular weight is 439 g/mol. The zero-order chi connectivity index (χ0) is 15.8. The van der Waals surface area contributed by atoms with Crippen molar-refractivity contribution >= 4 is 47.7 Å². The zero-order valence-electron chi connectivity index (χ0n) is 11.9. The SMILES string of the molecule is CC(=O)C1CCCN(S(=O)(=O)c2cc(Br)c(C)cc2Br)C1. The molecule has 1 aliphatic heterocycles. The van der Waals surface area contributed by atoms with E-state index in [-0.39, 0.29) is 23.1 Å². The second-order valence-electron chi connectivity index (χ2n) is 5.34. The molecular weight excluding hydrogens is 422 g/mol. The van der Waals surface area contributed by atoms with Gasteiger partial charge in [0, 0.05) is 28.0 Å². The van der Waals surface area contributed by atoms with Gasteiger partial charge in [0.15, 0.2) is 0 Å². The minimum atomic E-state index is -3.59. The molecule has 1 fully saturated rings. The molecule has 1 aliphatic rings. The summed E-state index contributed by atoms with van der Waals surface area (Å²) in [5.74, 6) is -0.139. The van der Waals surface area contributed by atoms with E-state index >= 15 is 0 Å². The van der Waals surface area contributed by atoms with E-state index in [0.717, 1.165) is 16.5 Å². The molecule has 1 aromatic rings. The number of halogens is 2. The summed E-state index contributed by atoms with van der Waals surface area (Å²) in [6, 6.07) is 3.40. The summed E-state index contributed by atoms with van der Waals surface area (Å²) in [5.41, 5.74) is 0.959. The first-order chi connectivity index (χ1) is 9.73. The monoisotopic (exact) mass is 437 g/mol. The van der Waals surface area contributed by atoms with Crippen LogP contribution in [0.15, 0.2) is 26.0 Å². The van der Waals surface area contributed by atoms with Gasteiger partial charge in [-0.3, -0.25) is 4.79 Å². The maximum atomic E-state index is 12.8. The van der Waals surface area contributed by atoms with Crippen molar-refractivity contribution in [2.45, 2.75) is 31.6 Å². The Morgan fingerprint density at radius 1 is 1.29 bits per heavy atom. The van der Waals surface area contributed by atoms with Crippen LogP contribution in [0.5, 0.6) is 0 Å². The van der Waals surface area contributed by atoms with E-state index < -0.39 is 10.0 Å². The lowest BCUT2D eigenvalue weighted by molar-refractivity contribution is -0.121. The molecule has 0 radical (unpaired) electrons. The van der Waals surface area contributed by atoms with Crippen molar-refractivity contribution in [3.05, 3.63) is 26.6 Å². The van der Waals surface area contributed by atoms with Gasteiger partial charge >= 0.3 is 0 Å². The minimum absolute atomic E-state index is 0.0547. The van der Waals surface area contributed by atoms with Gasteiger partial charge in [0.25, 0.3) is 0 Å². The summed E-state index contributed by atoms with van der Waals surface area (Å²) in [7, 11) is -3.59. The molecule has 0 bridgehead atoms. The molecule has 1 atom stereocenters. The van der Waals surface area contributed by atoms with Crippen molar-refractivity contribution in [3.63, 3.8) is 0 Å². The fourth-order valence-electron chi connectivity index (χ4n) is 2.46. The summed E-state index contributed by atoms with van der Waals surface area (Å²) in [6.07, 6.45) is 1.48. The van der Waals surface area contributed by atoms with Gasteiger partial charge in [0.1, 0.15) is 5.78 Å². The van der Waals surface area contributed by atoms with E-state index in [1.807, 2.05) is 6.92 Å². The summed E-state index contributed by atoms with van der Waals surface area (Å²) in [5, 5.41) is 0. The molecule has 1 aromatic carbocycles. The van der Waals surface area contributed by atoms with Crippen LogP contribution in [0, 0.1) is 12.8 Å². The smallest absolute Gasteiger partial charge is 0.244 e. The zero-order valence-corrected chi connectivity index (χ0v) is 15.9. The van der Waals surface area contributed by atoms with Crippen LogP contribution in [0.4, 0.5) is 0 Å². The molecule has 1 heterocycles. The number of Topliss-reactive ketones (excluding diaryl/α,β-unsaturated/α-hetero) is 1. The highest BCUT2D eigenvalue weighted by Gasteiger charge is 2.33. The molecule has 0 saturated carbocycles.